The van der Waals surface area contributed by atoms with Crippen LogP contribution in [-0.4, -0.2) is 44.0 Å². The Labute approximate surface area is 171 Å². The predicted octanol–water partition coefficient (Wildman–Crippen LogP) is 3.54. The number of halogens is 2. The van der Waals surface area contributed by atoms with Crippen molar-refractivity contribution in [3.63, 3.8) is 0 Å². The lowest BCUT2D eigenvalue weighted by Crippen LogP contribution is -2.53. The Hall–Kier alpha value is -2.81. The number of pyridine rings is 1. The Morgan fingerprint density at radius 3 is 2.43 bits per heavy atom. The minimum Gasteiger partial charge on any atom is -0.480 e. The molecule has 1 fully saturated rings. The molecular weight excluding hydrogens is 398 g/mol. The van der Waals surface area contributed by atoms with E-state index in [9.17, 15) is 24.6 Å². The predicted molar refractivity (Wildman–Crippen MR) is 106 cm³/mol. The molecule has 2 N–H and O–H groups in total. The van der Waals surface area contributed by atoms with Crippen molar-refractivity contribution in [1.82, 2.24) is 9.47 Å². The number of piperidine rings is 1. The van der Waals surface area contributed by atoms with E-state index >= 15 is 8.78 Å². The van der Waals surface area contributed by atoms with Gasteiger partial charge in [-0.25, -0.2) is 18.5 Å². The first kappa shape index (κ1) is 21.9. The molecule has 1 aliphatic rings. The van der Waals surface area contributed by atoms with Crippen molar-refractivity contribution >= 4 is 22.8 Å². The quantitative estimate of drug-likeness (QED) is 0.715. The lowest BCUT2D eigenvalue weighted by molar-refractivity contribution is -0.156. The maximum Gasteiger partial charge on any atom is 0.341 e. The molecule has 1 aliphatic heterocycles. The van der Waals surface area contributed by atoms with Gasteiger partial charge in [0, 0.05) is 11.6 Å². The second kappa shape index (κ2) is 8.14. The summed E-state index contributed by atoms with van der Waals surface area (Å²) in [6, 6.07) is 1.51. The number of nitrogens with zero attached hydrogens (tertiary/aromatic N) is 2. The number of fused-ring (bicyclic) bond motifs is 1. The molecule has 1 saturated heterocycles. The number of rotatable bonds is 5. The number of hydrogen-bond donors (Lipinski definition) is 2. The van der Waals surface area contributed by atoms with Gasteiger partial charge in [0.25, 0.3) is 0 Å². The number of alkyl halides is 1. The number of carbonyl (C=O) groups is 2. The number of carboxylic acids is 2. The number of aryl methyl sites for hydroxylation is 1. The summed E-state index contributed by atoms with van der Waals surface area (Å²) in [5, 5.41) is 19.1. The van der Waals surface area contributed by atoms with Gasteiger partial charge in [0.15, 0.2) is 12.1 Å². The third kappa shape index (κ3) is 3.58. The molecule has 2 heterocycles. The van der Waals surface area contributed by atoms with Crippen LogP contribution in [0.5, 0.6) is 0 Å². The summed E-state index contributed by atoms with van der Waals surface area (Å²) in [4.78, 5) is 37.4. The number of aliphatic carboxylic acids is 1. The van der Waals surface area contributed by atoms with E-state index in [0.717, 1.165) is 11.1 Å². The van der Waals surface area contributed by atoms with Gasteiger partial charge in [-0.05, 0) is 43.7 Å². The minimum absolute atomic E-state index is 0.110. The molecule has 1 aromatic carbocycles. The van der Waals surface area contributed by atoms with Crippen LogP contribution in [0.15, 0.2) is 23.1 Å². The molecule has 1 aromatic heterocycles. The Balaban J connectivity index is 2.36. The van der Waals surface area contributed by atoms with Crippen molar-refractivity contribution < 1.29 is 28.6 Å². The number of aromatic nitrogens is 1. The number of benzene rings is 1. The lowest BCUT2D eigenvalue weighted by atomic mass is 9.96. The topological polar surface area (TPSA) is 99.8 Å². The highest BCUT2D eigenvalue weighted by molar-refractivity contribution is 5.93. The summed E-state index contributed by atoms with van der Waals surface area (Å²) in [5.41, 5.74) is -1.34. The van der Waals surface area contributed by atoms with Crippen molar-refractivity contribution in [3.05, 3.63) is 45.5 Å². The third-order valence-electron chi connectivity index (χ3n) is 5.65. The Bertz CT molecular complexity index is 1070. The first-order chi connectivity index (χ1) is 14.1. The average molecular weight is 422 g/mol. The second-order valence-corrected chi connectivity index (χ2v) is 8.00. The largest absolute Gasteiger partial charge is 0.480 e. The lowest BCUT2D eigenvalue weighted by Gasteiger charge is -2.44. The number of hydrogen-bond acceptors (Lipinski definition) is 4. The van der Waals surface area contributed by atoms with E-state index in [1.165, 1.54) is 23.6 Å². The molecule has 0 saturated carbocycles. The van der Waals surface area contributed by atoms with Gasteiger partial charge in [-0.15, -0.1) is 0 Å². The van der Waals surface area contributed by atoms with Gasteiger partial charge in [0.1, 0.15) is 11.6 Å². The SMILES string of the molecule is Cc1ccc2c(=O)c(C(=O)O)cn(C3CCCC(F)N3C(C(=O)O)C(C)C)c2c1F. The molecule has 162 valence electrons. The van der Waals surface area contributed by atoms with Gasteiger partial charge in [0.2, 0.25) is 5.43 Å². The highest BCUT2D eigenvalue weighted by atomic mass is 19.1. The highest BCUT2D eigenvalue weighted by Gasteiger charge is 2.42. The van der Waals surface area contributed by atoms with Crippen molar-refractivity contribution in [2.45, 2.75) is 58.5 Å². The number of likely N-dealkylation sites (tertiary alicyclic amines) is 1. The van der Waals surface area contributed by atoms with Crippen LogP contribution in [0.4, 0.5) is 8.78 Å². The maximum atomic E-state index is 15.1. The van der Waals surface area contributed by atoms with Crippen LogP contribution in [0.3, 0.4) is 0 Å². The molecule has 0 radical (unpaired) electrons. The standard InChI is InChI=1S/C21H24F2N2O5/c1-10(2)17(21(29)30)25-14(22)5-4-6-15(25)24-9-13(20(27)28)19(26)12-8-7-11(3)16(23)18(12)24/h7-10,14-15,17H,4-6H2,1-3H3,(H,27,28)(H,29,30). The van der Waals surface area contributed by atoms with E-state index in [0.29, 0.717) is 6.42 Å². The summed E-state index contributed by atoms with van der Waals surface area (Å²) in [5.74, 6) is -3.90. The van der Waals surface area contributed by atoms with Crippen molar-refractivity contribution in [2.75, 3.05) is 0 Å². The molecule has 30 heavy (non-hydrogen) atoms. The van der Waals surface area contributed by atoms with Crippen molar-refractivity contribution in [2.24, 2.45) is 5.92 Å². The molecule has 0 spiro atoms. The molecule has 3 rings (SSSR count). The van der Waals surface area contributed by atoms with E-state index < -0.39 is 53.2 Å². The fraction of sp³-hybridized carbons (Fsp3) is 0.476. The zero-order valence-corrected chi connectivity index (χ0v) is 16.9. The summed E-state index contributed by atoms with van der Waals surface area (Å²) in [7, 11) is 0. The molecule has 9 heteroatoms. The second-order valence-electron chi connectivity index (χ2n) is 8.00. The molecular formula is C21H24F2N2O5. The number of aromatic carboxylic acids is 1. The summed E-state index contributed by atoms with van der Waals surface area (Å²) < 4.78 is 31.4. The molecule has 7 nitrogen and oxygen atoms in total. The van der Waals surface area contributed by atoms with Crippen LogP contribution in [0, 0.1) is 18.7 Å². The van der Waals surface area contributed by atoms with Gasteiger partial charge >= 0.3 is 11.9 Å². The van der Waals surface area contributed by atoms with Crippen LogP contribution in [0.1, 0.15) is 55.2 Å². The fourth-order valence-electron chi connectivity index (χ4n) is 4.25. The zero-order chi connectivity index (χ0) is 22.3. The van der Waals surface area contributed by atoms with Crippen LogP contribution in [0.2, 0.25) is 0 Å². The normalized spacial score (nSPS) is 21.1. The maximum absolute atomic E-state index is 15.1. The monoisotopic (exact) mass is 422 g/mol. The average Bonchev–Trinajstić information content (AvgIpc) is 2.66. The van der Waals surface area contributed by atoms with Crippen molar-refractivity contribution in [3.8, 4) is 0 Å². The van der Waals surface area contributed by atoms with E-state index in [-0.39, 0.29) is 29.3 Å². The van der Waals surface area contributed by atoms with Crippen LogP contribution in [0.25, 0.3) is 10.9 Å². The Kier molecular flexibility index (Phi) is 5.94. The summed E-state index contributed by atoms with van der Waals surface area (Å²) >= 11 is 0. The van der Waals surface area contributed by atoms with Gasteiger partial charge in [-0.2, -0.15) is 0 Å². The van der Waals surface area contributed by atoms with E-state index in [1.54, 1.807) is 13.8 Å². The molecule has 3 unspecified atom stereocenters. The van der Waals surface area contributed by atoms with E-state index in [1.807, 2.05) is 0 Å². The zero-order valence-electron chi connectivity index (χ0n) is 16.9. The smallest absolute Gasteiger partial charge is 0.341 e. The number of carboxylic acid groups (broad SMARTS) is 2. The molecule has 0 aliphatic carbocycles. The first-order valence-electron chi connectivity index (χ1n) is 9.77. The van der Waals surface area contributed by atoms with E-state index in [4.69, 9.17) is 0 Å². The molecule has 3 atom stereocenters. The van der Waals surface area contributed by atoms with Crippen LogP contribution < -0.4 is 5.43 Å². The van der Waals surface area contributed by atoms with Crippen LogP contribution in [-0.2, 0) is 4.79 Å². The Morgan fingerprint density at radius 2 is 1.87 bits per heavy atom. The third-order valence-corrected chi connectivity index (χ3v) is 5.65. The van der Waals surface area contributed by atoms with Gasteiger partial charge in [-0.3, -0.25) is 9.59 Å². The highest BCUT2D eigenvalue weighted by Crippen LogP contribution is 2.37. The summed E-state index contributed by atoms with van der Waals surface area (Å²) in [6.07, 6.45) is -0.780. The van der Waals surface area contributed by atoms with Gasteiger partial charge in [0.05, 0.1) is 11.7 Å². The van der Waals surface area contributed by atoms with Crippen molar-refractivity contribution in [1.29, 1.82) is 0 Å². The fourth-order valence-corrected chi connectivity index (χ4v) is 4.25. The summed E-state index contributed by atoms with van der Waals surface area (Å²) in [6.45, 7) is 4.79. The molecule has 0 bridgehead atoms. The molecule has 0 amide bonds. The van der Waals surface area contributed by atoms with Gasteiger partial charge < -0.3 is 14.8 Å². The van der Waals surface area contributed by atoms with Crippen LogP contribution >= 0.6 is 0 Å². The minimum atomic E-state index is -1.61. The Morgan fingerprint density at radius 1 is 1.20 bits per heavy atom. The molecule has 2 aromatic rings. The first-order valence-corrected chi connectivity index (χ1v) is 9.77. The van der Waals surface area contributed by atoms with E-state index in [2.05, 4.69) is 0 Å². The van der Waals surface area contributed by atoms with Gasteiger partial charge in [-0.1, -0.05) is 19.9 Å².